The molecule has 0 atom stereocenters. The van der Waals surface area contributed by atoms with E-state index in [-0.39, 0.29) is 0 Å². The van der Waals surface area contributed by atoms with Crippen molar-refractivity contribution in [1.29, 1.82) is 0 Å². The highest BCUT2D eigenvalue weighted by Gasteiger charge is 2.16. The molecule has 2 aliphatic rings. The molecule has 33 heavy (non-hydrogen) atoms. The zero-order valence-electron chi connectivity index (χ0n) is 20.4. The van der Waals surface area contributed by atoms with Gasteiger partial charge >= 0.3 is 0 Å². The topological polar surface area (TPSA) is 0 Å². The molecule has 0 bridgehead atoms. The van der Waals surface area contributed by atoms with Gasteiger partial charge in [0, 0.05) is 0 Å². The van der Waals surface area contributed by atoms with E-state index in [1.54, 1.807) is 0 Å². The van der Waals surface area contributed by atoms with Gasteiger partial charge in [-0.3, -0.25) is 0 Å². The zero-order valence-corrected chi connectivity index (χ0v) is 20.4. The summed E-state index contributed by atoms with van der Waals surface area (Å²) in [7, 11) is 0. The van der Waals surface area contributed by atoms with Crippen LogP contribution in [0, 0.1) is 5.92 Å². The second-order valence-corrected chi connectivity index (χ2v) is 9.07. The molecule has 0 radical (unpaired) electrons. The normalized spacial score (nSPS) is 11.9. The molecule has 0 aliphatic heterocycles. The van der Waals surface area contributed by atoms with Crippen LogP contribution in [0.25, 0.3) is 22.3 Å². The van der Waals surface area contributed by atoms with E-state index in [2.05, 4.69) is 118 Å². The maximum atomic E-state index is 2.26. The quantitative estimate of drug-likeness (QED) is 0.261. The van der Waals surface area contributed by atoms with Crippen LogP contribution in [-0.4, -0.2) is 0 Å². The highest BCUT2D eigenvalue weighted by molar-refractivity contribution is 5.77. The average Bonchev–Trinajstić information content (AvgIpc) is 3.44. The number of fused-ring (bicyclic) bond motifs is 6. The lowest BCUT2D eigenvalue weighted by molar-refractivity contribution is 0.477. The molecule has 0 heterocycles. The van der Waals surface area contributed by atoms with Crippen molar-refractivity contribution < 1.29 is 0 Å². The SMILES string of the molecule is CCC(CC)CC.c1ccc2c(c1)Cc1ccccc1-2.c1ccc2c(c1)Cc1ccccc1-2. The molecule has 4 aromatic carbocycles. The lowest BCUT2D eigenvalue weighted by Crippen LogP contribution is -1.91. The first kappa shape index (κ1) is 23.1. The maximum absolute atomic E-state index is 2.26. The molecule has 4 aromatic rings. The Bertz CT molecular complexity index is 998. The molecule has 0 N–H and O–H groups in total. The van der Waals surface area contributed by atoms with Crippen LogP contribution in [-0.2, 0) is 12.8 Å². The third kappa shape index (κ3) is 5.28. The molecule has 0 fully saturated rings. The molecule has 0 nitrogen and oxygen atoms in total. The monoisotopic (exact) mass is 432 g/mol. The Morgan fingerprint density at radius 3 is 0.879 bits per heavy atom. The fourth-order valence-corrected chi connectivity index (χ4v) is 5.03. The van der Waals surface area contributed by atoms with Gasteiger partial charge in [0.1, 0.15) is 0 Å². The number of hydrogen-bond acceptors (Lipinski definition) is 0. The summed E-state index contributed by atoms with van der Waals surface area (Å²) < 4.78 is 0. The van der Waals surface area contributed by atoms with Gasteiger partial charge in [-0.05, 0) is 63.3 Å². The molecular weight excluding hydrogens is 396 g/mol. The Kier molecular flexibility index (Phi) is 7.79. The Labute approximate surface area is 200 Å². The maximum Gasteiger partial charge on any atom is -0.00135 e. The van der Waals surface area contributed by atoms with E-state index in [0.717, 1.165) is 18.8 Å². The largest absolute Gasteiger partial charge is 0.0651 e. The van der Waals surface area contributed by atoms with Crippen molar-refractivity contribution in [3.63, 3.8) is 0 Å². The van der Waals surface area contributed by atoms with Gasteiger partial charge in [0.15, 0.2) is 0 Å². The second-order valence-electron chi connectivity index (χ2n) is 9.07. The molecular formula is C33H36. The van der Waals surface area contributed by atoms with E-state index < -0.39 is 0 Å². The minimum atomic E-state index is 0.986. The molecule has 0 saturated carbocycles. The van der Waals surface area contributed by atoms with Crippen LogP contribution >= 0.6 is 0 Å². The standard InChI is InChI=1S/2C13H10.C7H16/c2*1-3-7-12-10(5-1)9-11-6-2-4-8-13(11)12;1-4-7(5-2)6-3/h2*1-8H,9H2;7H,4-6H2,1-3H3. The summed E-state index contributed by atoms with van der Waals surface area (Å²) in [5, 5.41) is 0. The van der Waals surface area contributed by atoms with Gasteiger partial charge in [0.25, 0.3) is 0 Å². The van der Waals surface area contributed by atoms with Gasteiger partial charge in [-0.25, -0.2) is 0 Å². The number of hydrogen-bond donors (Lipinski definition) is 0. The Hall–Kier alpha value is -3.12. The summed E-state index contributed by atoms with van der Waals surface area (Å²) in [6.07, 6.45) is 6.27. The van der Waals surface area contributed by atoms with Crippen molar-refractivity contribution in [1.82, 2.24) is 0 Å². The molecule has 0 unspecified atom stereocenters. The van der Waals surface area contributed by atoms with Gasteiger partial charge in [0.05, 0.1) is 0 Å². The average molecular weight is 433 g/mol. The van der Waals surface area contributed by atoms with Gasteiger partial charge in [-0.1, -0.05) is 137 Å². The first-order chi connectivity index (χ1) is 16.2. The summed E-state index contributed by atoms with van der Waals surface area (Å²) in [5.41, 5.74) is 11.5. The predicted octanol–water partition coefficient (Wildman–Crippen LogP) is 9.35. The van der Waals surface area contributed by atoms with Crippen molar-refractivity contribution >= 4 is 0 Å². The van der Waals surface area contributed by atoms with Gasteiger partial charge in [-0.15, -0.1) is 0 Å². The Morgan fingerprint density at radius 2 is 0.667 bits per heavy atom. The Morgan fingerprint density at radius 1 is 0.424 bits per heavy atom. The van der Waals surface area contributed by atoms with E-state index in [1.165, 1.54) is 63.8 Å². The zero-order chi connectivity index (χ0) is 23.0. The van der Waals surface area contributed by atoms with E-state index >= 15 is 0 Å². The van der Waals surface area contributed by atoms with Crippen LogP contribution in [0.2, 0.25) is 0 Å². The van der Waals surface area contributed by atoms with Gasteiger partial charge in [0.2, 0.25) is 0 Å². The summed E-state index contributed by atoms with van der Waals surface area (Å²) in [6, 6.07) is 34.6. The molecule has 0 spiro atoms. The molecule has 168 valence electrons. The van der Waals surface area contributed by atoms with Crippen LogP contribution < -0.4 is 0 Å². The summed E-state index contributed by atoms with van der Waals surface area (Å²) in [4.78, 5) is 0. The summed E-state index contributed by atoms with van der Waals surface area (Å²) >= 11 is 0. The minimum Gasteiger partial charge on any atom is -0.0651 e. The molecule has 0 aromatic heterocycles. The summed E-state index contributed by atoms with van der Waals surface area (Å²) in [6.45, 7) is 6.78. The van der Waals surface area contributed by atoms with Gasteiger partial charge < -0.3 is 0 Å². The van der Waals surface area contributed by atoms with Crippen LogP contribution in [0.4, 0.5) is 0 Å². The summed E-state index contributed by atoms with van der Waals surface area (Å²) in [5.74, 6) is 0.986. The van der Waals surface area contributed by atoms with Crippen molar-refractivity contribution in [2.75, 3.05) is 0 Å². The highest BCUT2D eigenvalue weighted by Crippen LogP contribution is 2.36. The van der Waals surface area contributed by atoms with Crippen molar-refractivity contribution in [2.45, 2.75) is 52.9 Å². The lowest BCUT2D eigenvalue weighted by Gasteiger charge is -2.05. The third-order valence-corrected chi connectivity index (χ3v) is 7.14. The second kappa shape index (κ2) is 11.1. The van der Waals surface area contributed by atoms with Crippen molar-refractivity contribution in [3.05, 3.63) is 119 Å². The highest BCUT2D eigenvalue weighted by atomic mass is 14.2. The number of rotatable bonds is 3. The first-order valence-electron chi connectivity index (χ1n) is 12.6. The van der Waals surface area contributed by atoms with Crippen LogP contribution in [0.15, 0.2) is 97.1 Å². The molecule has 0 heteroatoms. The van der Waals surface area contributed by atoms with Crippen molar-refractivity contribution in [2.24, 2.45) is 5.92 Å². The van der Waals surface area contributed by atoms with E-state index in [9.17, 15) is 0 Å². The molecule has 6 rings (SSSR count). The minimum absolute atomic E-state index is 0.986. The lowest BCUT2D eigenvalue weighted by atomic mass is 10.0. The molecule has 0 saturated heterocycles. The van der Waals surface area contributed by atoms with E-state index in [1.807, 2.05) is 0 Å². The van der Waals surface area contributed by atoms with Crippen LogP contribution in [0.5, 0.6) is 0 Å². The van der Waals surface area contributed by atoms with Gasteiger partial charge in [-0.2, -0.15) is 0 Å². The van der Waals surface area contributed by atoms with Crippen LogP contribution in [0.1, 0.15) is 62.3 Å². The van der Waals surface area contributed by atoms with E-state index in [4.69, 9.17) is 0 Å². The van der Waals surface area contributed by atoms with Crippen LogP contribution in [0.3, 0.4) is 0 Å². The Balaban J connectivity index is 0.000000125. The van der Waals surface area contributed by atoms with E-state index in [0.29, 0.717) is 0 Å². The molecule has 0 amide bonds. The molecule has 2 aliphatic carbocycles. The first-order valence-corrected chi connectivity index (χ1v) is 12.6. The fourth-order valence-electron chi connectivity index (χ4n) is 5.03. The smallest absolute Gasteiger partial charge is 0.00135 e. The third-order valence-electron chi connectivity index (χ3n) is 7.14. The predicted molar refractivity (Wildman–Crippen MR) is 144 cm³/mol. The van der Waals surface area contributed by atoms with Crippen molar-refractivity contribution in [3.8, 4) is 22.3 Å². The number of benzene rings is 4. The fraction of sp³-hybridized carbons (Fsp3) is 0.273.